The zero-order valence-corrected chi connectivity index (χ0v) is 12.7. The number of rotatable bonds is 4. The van der Waals surface area contributed by atoms with Crippen molar-refractivity contribution in [2.24, 2.45) is 0 Å². The van der Waals surface area contributed by atoms with Gasteiger partial charge in [0, 0.05) is 36.9 Å². The molecule has 0 bridgehead atoms. The summed E-state index contributed by atoms with van der Waals surface area (Å²) in [4.78, 5) is 2.41. The fraction of sp³-hybridized carbons (Fsp3) is 0.571. The molecule has 1 heterocycles. The van der Waals surface area contributed by atoms with Gasteiger partial charge in [-0.1, -0.05) is 22.0 Å². The number of piperidine rings is 1. The molecular weight excluding hydrogens is 292 g/mol. The predicted octanol–water partition coefficient (Wildman–Crippen LogP) is 2.78. The normalized spacial score (nSPS) is 20.2. The topological polar surface area (TPSA) is 24.5 Å². The molecule has 1 fully saturated rings. The van der Waals surface area contributed by atoms with Crippen molar-refractivity contribution < 1.29 is 4.74 Å². The van der Waals surface area contributed by atoms with E-state index in [1.165, 1.54) is 28.6 Å². The third-order valence-electron chi connectivity index (χ3n) is 3.48. The van der Waals surface area contributed by atoms with Gasteiger partial charge in [0.1, 0.15) is 0 Å². The Labute approximate surface area is 118 Å². The van der Waals surface area contributed by atoms with E-state index in [0.717, 1.165) is 19.6 Å². The van der Waals surface area contributed by atoms with E-state index < -0.39 is 0 Å². The molecule has 2 rings (SSSR count). The third kappa shape index (κ3) is 3.25. The lowest BCUT2D eigenvalue weighted by molar-refractivity contribution is 0.0893. The lowest BCUT2D eigenvalue weighted by atomic mass is 10.1. The number of halogens is 1. The zero-order chi connectivity index (χ0) is 13.0. The molecule has 1 aromatic rings. The molecule has 4 heteroatoms. The highest BCUT2D eigenvalue weighted by Gasteiger charge is 2.19. The second kappa shape index (κ2) is 6.55. The number of nitrogens with one attached hydrogen (secondary N) is 1. The summed E-state index contributed by atoms with van der Waals surface area (Å²) >= 11 is 3.65. The first kappa shape index (κ1) is 13.8. The Hall–Kier alpha value is -0.580. The molecule has 1 N–H and O–H groups in total. The number of hydrogen-bond donors (Lipinski definition) is 1. The van der Waals surface area contributed by atoms with E-state index in [4.69, 9.17) is 4.74 Å². The van der Waals surface area contributed by atoms with Gasteiger partial charge in [0.05, 0.1) is 6.10 Å². The smallest absolute Gasteiger partial charge is 0.0746 e. The van der Waals surface area contributed by atoms with Crippen LogP contribution in [0.2, 0.25) is 0 Å². The SMILES string of the molecule is CNCc1ccc(N2CCCC(OC)C2)cc1Br. The van der Waals surface area contributed by atoms with Crippen molar-refractivity contribution in [1.29, 1.82) is 0 Å². The molecule has 3 nitrogen and oxygen atoms in total. The van der Waals surface area contributed by atoms with Crippen LogP contribution in [0.1, 0.15) is 18.4 Å². The average molecular weight is 313 g/mol. The van der Waals surface area contributed by atoms with E-state index in [0.29, 0.717) is 6.10 Å². The van der Waals surface area contributed by atoms with Gasteiger partial charge in [-0.25, -0.2) is 0 Å². The molecule has 0 radical (unpaired) electrons. The average Bonchev–Trinajstić information content (AvgIpc) is 2.41. The molecule has 1 saturated heterocycles. The van der Waals surface area contributed by atoms with Gasteiger partial charge in [-0.15, -0.1) is 0 Å². The molecule has 100 valence electrons. The van der Waals surface area contributed by atoms with Crippen LogP contribution in [0.3, 0.4) is 0 Å². The van der Waals surface area contributed by atoms with Crippen molar-refractivity contribution in [2.75, 3.05) is 32.1 Å². The number of hydrogen-bond acceptors (Lipinski definition) is 3. The van der Waals surface area contributed by atoms with Gasteiger partial charge >= 0.3 is 0 Å². The molecule has 1 unspecified atom stereocenters. The van der Waals surface area contributed by atoms with E-state index >= 15 is 0 Å². The lowest BCUT2D eigenvalue weighted by Crippen LogP contribution is -2.39. The summed E-state index contributed by atoms with van der Waals surface area (Å²) in [5.74, 6) is 0. The molecule has 0 aromatic heterocycles. The summed E-state index contributed by atoms with van der Waals surface area (Å²) < 4.78 is 6.65. The number of anilines is 1. The van der Waals surface area contributed by atoms with Gasteiger partial charge in [0.15, 0.2) is 0 Å². The predicted molar refractivity (Wildman–Crippen MR) is 79.1 cm³/mol. The second-order valence-corrected chi connectivity index (χ2v) is 5.61. The molecule has 1 aromatic carbocycles. The number of methoxy groups -OCH3 is 1. The monoisotopic (exact) mass is 312 g/mol. The summed E-state index contributed by atoms with van der Waals surface area (Å²) in [5.41, 5.74) is 2.57. The van der Waals surface area contributed by atoms with E-state index in [1.807, 2.05) is 7.05 Å². The molecule has 0 amide bonds. The summed E-state index contributed by atoms with van der Waals surface area (Å²) in [6, 6.07) is 6.60. The maximum Gasteiger partial charge on any atom is 0.0746 e. The van der Waals surface area contributed by atoms with Gasteiger partial charge < -0.3 is 15.0 Å². The van der Waals surface area contributed by atoms with Gasteiger partial charge in [0.25, 0.3) is 0 Å². The maximum absolute atomic E-state index is 5.47. The summed E-state index contributed by atoms with van der Waals surface area (Å²) in [5, 5.41) is 3.18. The van der Waals surface area contributed by atoms with Crippen LogP contribution in [0.15, 0.2) is 22.7 Å². The van der Waals surface area contributed by atoms with Crippen molar-refractivity contribution >= 4 is 21.6 Å². The van der Waals surface area contributed by atoms with Crippen molar-refractivity contribution in [3.8, 4) is 0 Å². The van der Waals surface area contributed by atoms with Crippen LogP contribution in [0.4, 0.5) is 5.69 Å². The van der Waals surface area contributed by atoms with E-state index in [-0.39, 0.29) is 0 Å². The van der Waals surface area contributed by atoms with Crippen LogP contribution in [-0.4, -0.2) is 33.4 Å². The Morgan fingerprint density at radius 3 is 3.00 bits per heavy atom. The minimum atomic E-state index is 0.370. The maximum atomic E-state index is 5.47. The number of nitrogens with zero attached hydrogens (tertiary/aromatic N) is 1. The first-order valence-electron chi connectivity index (χ1n) is 6.45. The first-order chi connectivity index (χ1) is 8.74. The third-order valence-corrected chi connectivity index (χ3v) is 4.22. The Bertz CT molecular complexity index is 397. The van der Waals surface area contributed by atoms with Gasteiger partial charge in [-0.3, -0.25) is 0 Å². The van der Waals surface area contributed by atoms with Crippen molar-refractivity contribution in [1.82, 2.24) is 5.32 Å². The van der Waals surface area contributed by atoms with Gasteiger partial charge in [-0.05, 0) is 37.6 Å². The zero-order valence-electron chi connectivity index (χ0n) is 11.1. The highest BCUT2D eigenvalue weighted by Crippen LogP contribution is 2.26. The molecule has 0 spiro atoms. The van der Waals surface area contributed by atoms with Crippen LogP contribution in [0.25, 0.3) is 0 Å². The summed E-state index contributed by atoms with van der Waals surface area (Å²) in [6.07, 6.45) is 2.75. The highest BCUT2D eigenvalue weighted by molar-refractivity contribution is 9.10. The summed E-state index contributed by atoms with van der Waals surface area (Å²) in [7, 11) is 3.77. The molecule has 1 atom stereocenters. The van der Waals surface area contributed by atoms with Crippen LogP contribution >= 0.6 is 15.9 Å². The Kier molecular flexibility index (Phi) is 5.03. The van der Waals surface area contributed by atoms with E-state index in [2.05, 4.69) is 44.3 Å². The first-order valence-corrected chi connectivity index (χ1v) is 7.24. The Morgan fingerprint density at radius 2 is 2.33 bits per heavy atom. The van der Waals surface area contributed by atoms with Crippen LogP contribution < -0.4 is 10.2 Å². The number of benzene rings is 1. The van der Waals surface area contributed by atoms with Crippen molar-refractivity contribution in [3.05, 3.63) is 28.2 Å². The molecule has 0 saturated carbocycles. The second-order valence-electron chi connectivity index (χ2n) is 4.75. The fourth-order valence-electron chi connectivity index (χ4n) is 2.43. The minimum Gasteiger partial charge on any atom is -0.380 e. The van der Waals surface area contributed by atoms with Crippen LogP contribution in [0.5, 0.6) is 0 Å². The standard InChI is InChI=1S/C14H21BrN2O/c1-16-9-11-5-6-12(8-14(11)15)17-7-3-4-13(10-17)18-2/h5-6,8,13,16H,3-4,7,9-10H2,1-2H3. The fourth-order valence-corrected chi connectivity index (χ4v) is 2.94. The molecule has 1 aliphatic heterocycles. The molecular formula is C14H21BrN2O. The van der Waals surface area contributed by atoms with Gasteiger partial charge in [0.2, 0.25) is 0 Å². The number of ether oxygens (including phenoxy) is 1. The Balaban J connectivity index is 2.10. The molecule has 18 heavy (non-hydrogen) atoms. The van der Waals surface area contributed by atoms with E-state index in [9.17, 15) is 0 Å². The largest absolute Gasteiger partial charge is 0.380 e. The molecule has 1 aliphatic rings. The molecule has 0 aliphatic carbocycles. The van der Waals surface area contributed by atoms with Crippen molar-refractivity contribution in [3.63, 3.8) is 0 Å². The van der Waals surface area contributed by atoms with Crippen molar-refractivity contribution in [2.45, 2.75) is 25.5 Å². The highest BCUT2D eigenvalue weighted by atomic mass is 79.9. The Morgan fingerprint density at radius 1 is 1.50 bits per heavy atom. The van der Waals surface area contributed by atoms with Crippen LogP contribution in [0, 0.1) is 0 Å². The summed E-state index contributed by atoms with van der Waals surface area (Å²) in [6.45, 7) is 3.01. The van der Waals surface area contributed by atoms with Crippen LogP contribution in [-0.2, 0) is 11.3 Å². The van der Waals surface area contributed by atoms with Gasteiger partial charge in [-0.2, -0.15) is 0 Å². The van der Waals surface area contributed by atoms with E-state index in [1.54, 1.807) is 7.11 Å². The minimum absolute atomic E-state index is 0.370. The quantitative estimate of drug-likeness (QED) is 0.925. The lowest BCUT2D eigenvalue weighted by Gasteiger charge is -2.33.